The van der Waals surface area contributed by atoms with Gasteiger partial charge in [-0.15, -0.1) is 0 Å². The lowest BCUT2D eigenvalue weighted by Gasteiger charge is -2.38. The van der Waals surface area contributed by atoms with E-state index in [1.165, 1.54) is 24.8 Å². The fourth-order valence-electron chi connectivity index (χ4n) is 4.94. The van der Waals surface area contributed by atoms with Gasteiger partial charge in [-0.05, 0) is 91.3 Å². The Balaban J connectivity index is 2.12. The van der Waals surface area contributed by atoms with Crippen molar-refractivity contribution in [3.05, 3.63) is 58.7 Å². The van der Waals surface area contributed by atoms with Crippen molar-refractivity contribution < 1.29 is 10.2 Å². The van der Waals surface area contributed by atoms with Gasteiger partial charge in [-0.2, -0.15) is 0 Å². The molecule has 2 heteroatoms. The molecule has 0 radical (unpaired) electrons. The third kappa shape index (κ3) is 3.84. The fraction of sp³-hybridized carbons (Fsp3) is 0.478. The van der Waals surface area contributed by atoms with E-state index in [2.05, 4.69) is 26.0 Å². The molecular formula is C23H30O2. The molecule has 3 rings (SSSR count). The van der Waals surface area contributed by atoms with Crippen LogP contribution in [-0.2, 0) is 0 Å². The predicted molar refractivity (Wildman–Crippen MR) is 103 cm³/mol. The summed E-state index contributed by atoms with van der Waals surface area (Å²) in [5.74, 6) is 2.86. The molecule has 0 amide bonds. The first-order chi connectivity index (χ1) is 11.8. The average Bonchev–Trinajstić information content (AvgIpc) is 2.50. The van der Waals surface area contributed by atoms with E-state index in [1.807, 2.05) is 32.0 Å². The molecule has 1 aliphatic rings. The number of benzene rings is 2. The van der Waals surface area contributed by atoms with E-state index in [-0.39, 0.29) is 5.92 Å². The molecule has 0 aliphatic heterocycles. The molecule has 0 saturated heterocycles. The Kier molecular flexibility index (Phi) is 5.08. The summed E-state index contributed by atoms with van der Waals surface area (Å²) in [4.78, 5) is 0. The van der Waals surface area contributed by atoms with Gasteiger partial charge in [0.15, 0.2) is 0 Å². The van der Waals surface area contributed by atoms with Gasteiger partial charge in [-0.1, -0.05) is 32.0 Å². The highest BCUT2D eigenvalue weighted by Crippen LogP contribution is 2.46. The third-order valence-electron chi connectivity index (χ3n) is 5.81. The van der Waals surface area contributed by atoms with Gasteiger partial charge < -0.3 is 10.2 Å². The summed E-state index contributed by atoms with van der Waals surface area (Å²) in [5.41, 5.74) is 4.39. The van der Waals surface area contributed by atoms with Gasteiger partial charge in [-0.25, -0.2) is 0 Å². The van der Waals surface area contributed by atoms with Crippen LogP contribution < -0.4 is 0 Å². The lowest BCUT2D eigenvalue weighted by molar-refractivity contribution is 0.203. The Labute approximate surface area is 151 Å². The zero-order valence-corrected chi connectivity index (χ0v) is 15.8. The van der Waals surface area contributed by atoms with Gasteiger partial charge in [0.25, 0.3) is 0 Å². The number of aryl methyl sites for hydroxylation is 1. The number of rotatable bonds is 3. The van der Waals surface area contributed by atoms with Crippen molar-refractivity contribution in [2.24, 2.45) is 17.8 Å². The molecule has 2 N–H and O–H groups in total. The minimum absolute atomic E-state index is 0.211. The molecule has 0 spiro atoms. The van der Waals surface area contributed by atoms with Crippen LogP contribution in [0.4, 0.5) is 0 Å². The number of phenolic OH excluding ortho intramolecular Hbond substituents is 2. The van der Waals surface area contributed by atoms with Gasteiger partial charge >= 0.3 is 0 Å². The number of hydrogen-bond acceptors (Lipinski definition) is 2. The van der Waals surface area contributed by atoms with Gasteiger partial charge in [0.05, 0.1) is 0 Å². The van der Waals surface area contributed by atoms with Crippen LogP contribution in [0.5, 0.6) is 11.5 Å². The van der Waals surface area contributed by atoms with E-state index in [4.69, 9.17) is 0 Å². The SMILES string of the molecule is Cc1cc(O)cc(C(c2cccc(O)c2C)C2CC(C)CC(C)C2)c1. The van der Waals surface area contributed by atoms with E-state index in [0.29, 0.717) is 29.3 Å². The molecule has 25 heavy (non-hydrogen) atoms. The van der Waals surface area contributed by atoms with Crippen molar-refractivity contribution >= 4 is 0 Å². The van der Waals surface area contributed by atoms with Crippen LogP contribution in [0, 0.1) is 31.6 Å². The van der Waals surface area contributed by atoms with Crippen molar-refractivity contribution in [3.63, 3.8) is 0 Å². The molecule has 3 unspecified atom stereocenters. The van der Waals surface area contributed by atoms with Crippen molar-refractivity contribution in [1.29, 1.82) is 0 Å². The number of hydrogen-bond donors (Lipinski definition) is 2. The summed E-state index contributed by atoms with van der Waals surface area (Å²) in [5, 5.41) is 20.4. The lowest BCUT2D eigenvalue weighted by Crippen LogP contribution is -2.26. The molecule has 3 atom stereocenters. The Hall–Kier alpha value is -1.96. The molecule has 134 valence electrons. The Bertz CT molecular complexity index is 720. The van der Waals surface area contributed by atoms with Crippen LogP contribution in [0.2, 0.25) is 0 Å². The summed E-state index contributed by atoms with van der Waals surface area (Å²) in [6.07, 6.45) is 3.68. The quantitative estimate of drug-likeness (QED) is 0.729. The van der Waals surface area contributed by atoms with Gasteiger partial charge in [-0.3, -0.25) is 0 Å². The average molecular weight is 338 g/mol. The van der Waals surface area contributed by atoms with Crippen LogP contribution in [0.3, 0.4) is 0 Å². The van der Waals surface area contributed by atoms with Crippen molar-refractivity contribution in [3.8, 4) is 11.5 Å². The lowest BCUT2D eigenvalue weighted by atomic mass is 9.67. The third-order valence-corrected chi connectivity index (χ3v) is 5.81. The first-order valence-corrected chi connectivity index (χ1v) is 9.44. The molecule has 2 aromatic carbocycles. The standard InChI is InChI=1S/C23H30O2/c1-14-8-15(2)10-18(9-14)23(19-11-16(3)12-20(24)13-19)21-6-5-7-22(25)17(21)4/h5-7,11-15,18,23-25H,8-10H2,1-4H3. The Morgan fingerprint density at radius 1 is 0.920 bits per heavy atom. The van der Waals surface area contributed by atoms with Gasteiger partial charge in [0.2, 0.25) is 0 Å². The van der Waals surface area contributed by atoms with Gasteiger partial charge in [0, 0.05) is 5.92 Å². The molecule has 1 saturated carbocycles. The van der Waals surface area contributed by atoms with Crippen LogP contribution in [0.1, 0.15) is 61.3 Å². The van der Waals surface area contributed by atoms with Crippen LogP contribution in [0.15, 0.2) is 36.4 Å². The second kappa shape index (κ2) is 7.11. The molecule has 1 fully saturated rings. The Morgan fingerprint density at radius 2 is 1.60 bits per heavy atom. The second-order valence-electron chi connectivity index (χ2n) is 8.25. The molecule has 0 aromatic heterocycles. The molecule has 0 bridgehead atoms. The van der Waals surface area contributed by atoms with Crippen molar-refractivity contribution in [2.45, 2.75) is 52.9 Å². The van der Waals surface area contributed by atoms with Crippen LogP contribution in [-0.4, -0.2) is 10.2 Å². The maximum absolute atomic E-state index is 10.3. The largest absolute Gasteiger partial charge is 0.508 e. The van der Waals surface area contributed by atoms with Gasteiger partial charge in [0.1, 0.15) is 11.5 Å². The first kappa shape index (κ1) is 17.8. The molecule has 0 heterocycles. The topological polar surface area (TPSA) is 40.5 Å². The summed E-state index contributed by atoms with van der Waals surface area (Å²) < 4.78 is 0. The monoisotopic (exact) mass is 338 g/mol. The highest BCUT2D eigenvalue weighted by atomic mass is 16.3. The fourth-order valence-corrected chi connectivity index (χ4v) is 4.94. The molecule has 1 aliphatic carbocycles. The second-order valence-corrected chi connectivity index (χ2v) is 8.25. The minimum Gasteiger partial charge on any atom is -0.508 e. The van der Waals surface area contributed by atoms with E-state index in [1.54, 1.807) is 6.07 Å². The zero-order chi connectivity index (χ0) is 18.1. The van der Waals surface area contributed by atoms with E-state index < -0.39 is 0 Å². The first-order valence-electron chi connectivity index (χ1n) is 9.44. The van der Waals surface area contributed by atoms with Crippen LogP contribution in [0.25, 0.3) is 0 Å². The number of aromatic hydroxyl groups is 2. The highest BCUT2D eigenvalue weighted by Gasteiger charge is 2.33. The summed E-state index contributed by atoms with van der Waals surface area (Å²) in [6.45, 7) is 8.73. The highest BCUT2D eigenvalue weighted by molar-refractivity contribution is 5.47. The van der Waals surface area contributed by atoms with E-state index >= 15 is 0 Å². The molecule has 2 nitrogen and oxygen atoms in total. The Morgan fingerprint density at radius 3 is 2.24 bits per heavy atom. The maximum atomic E-state index is 10.3. The summed E-state index contributed by atoms with van der Waals surface area (Å²) >= 11 is 0. The summed E-state index contributed by atoms with van der Waals surface area (Å²) in [6, 6.07) is 11.7. The maximum Gasteiger partial charge on any atom is 0.118 e. The van der Waals surface area contributed by atoms with Crippen molar-refractivity contribution in [2.75, 3.05) is 0 Å². The normalized spacial score (nSPS) is 24.9. The smallest absolute Gasteiger partial charge is 0.118 e. The van der Waals surface area contributed by atoms with Crippen molar-refractivity contribution in [1.82, 2.24) is 0 Å². The minimum atomic E-state index is 0.211. The van der Waals surface area contributed by atoms with E-state index in [0.717, 1.165) is 16.7 Å². The predicted octanol–water partition coefficient (Wildman–Crippen LogP) is 5.92. The van der Waals surface area contributed by atoms with Crippen LogP contribution >= 0.6 is 0 Å². The zero-order valence-electron chi connectivity index (χ0n) is 15.8. The number of phenols is 2. The molecular weight excluding hydrogens is 308 g/mol. The summed E-state index contributed by atoms with van der Waals surface area (Å²) in [7, 11) is 0. The van der Waals surface area contributed by atoms with E-state index in [9.17, 15) is 10.2 Å². The molecule has 2 aromatic rings.